The van der Waals surface area contributed by atoms with Crippen LogP contribution in [0.4, 0.5) is 0 Å². The van der Waals surface area contributed by atoms with E-state index in [4.69, 9.17) is 9.26 Å². The summed E-state index contributed by atoms with van der Waals surface area (Å²) >= 11 is 0. The summed E-state index contributed by atoms with van der Waals surface area (Å²) in [5, 5.41) is 4.10. The Bertz CT molecular complexity index is 827. The third-order valence-electron chi connectivity index (χ3n) is 4.03. The number of hydrogen-bond donors (Lipinski definition) is 1. The van der Waals surface area contributed by atoms with E-state index < -0.39 is 0 Å². The van der Waals surface area contributed by atoms with Gasteiger partial charge in [-0.15, -0.1) is 0 Å². The van der Waals surface area contributed by atoms with E-state index in [1.54, 1.807) is 29.6 Å². The van der Waals surface area contributed by atoms with Gasteiger partial charge in [-0.25, -0.2) is 0 Å². The van der Waals surface area contributed by atoms with Gasteiger partial charge in [-0.05, 0) is 24.3 Å². The van der Waals surface area contributed by atoms with Crippen LogP contribution in [0.25, 0.3) is 0 Å². The molecule has 122 valence electrons. The third-order valence-corrected chi connectivity index (χ3v) is 4.03. The molecule has 0 aliphatic carbocycles. The second-order valence-electron chi connectivity index (χ2n) is 5.57. The number of fused-ring (bicyclic) bond motifs is 1. The maximum Gasteiger partial charge on any atom is 0.270 e. The minimum absolute atomic E-state index is 0.0222. The van der Waals surface area contributed by atoms with Crippen molar-refractivity contribution in [2.75, 3.05) is 6.54 Å². The van der Waals surface area contributed by atoms with Gasteiger partial charge in [0.15, 0.2) is 0 Å². The average molecular weight is 324 g/mol. The van der Waals surface area contributed by atoms with Crippen molar-refractivity contribution in [2.45, 2.75) is 19.6 Å². The monoisotopic (exact) mass is 324 g/mol. The van der Waals surface area contributed by atoms with Gasteiger partial charge in [-0.1, -0.05) is 5.16 Å². The normalized spacial score (nSPS) is 13.6. The molecule has 0 spiro atoms. The molecule has 7 nitrogen and oxygen atoms in total. The first-order valence-electron chi connectivity index (χ1n) is 7.73. The topological polar surface area (TPSA) is 84.2 Å². The molecule has 1 N–H and O–H groups in total. The summed E-state index contributed by atoms with van der Waals surface area (Å²) in [6.07, 6.45) is 5.74. The highest BCUT2D eigenvalue weighted by Crippen LogP contribution is 2.24. The summed E-state index contributed by atoms with van der Waals surface area (Å²) < 4.78 is 11.1. The second kappa shape index (κ2) is 6.19. The number of amides is 1. The number of pyridine rings is 1. The Morgan fingerprint density at radius 2 is 2.33 bits per heavy atom. The van der Waals surface area contributed by atoms with E-state index in [1.807, 2.05) is 18.2 Å². The lowest BCUT2D eigenvalue weighted by Crippen LogP contribution is -2.36. The minimum Gasteiger partial charge on any atom is -0.486 e. The number of ether oxygens (including phenoxy) is 1. The van der Waals surface area contributed by atoms with Crippen LogP contribution in [-0.4, -0.2) is 32.5 Å². The zero-order valence-electron chi connectivity index (χ0n) is 12.9. The molecular formula is C17H16N4O3. The number of H-pyrrole nitrogens is 1. The Morgan fingerprint density at radius 1 is 1.38 bits per heavy atom. The highest BCUT2D eigenvalue weighted by Gasteiger charge is 2.28. The van der Waals surface area contributed by atoms with Crippen LogP contribution in [0.2, 0.25) is 0 Å². The van der Waals surface area contributed by atoms with Crippen molar-refractivity contribution in [1.29, 1.82) is 0 Å². The Labute approximate surface area is 138 Å². The van der Waals surface area contributed by atoms with E-state index in [9.17, 15) is 4.79 Å². The molecule has 7 heteroatoms. The van der Waals surface area contributed by atoms with E-state index in [-0.39, 0.29) is 12.5 Å². The van der Waals surface area contributed by atoms with Crippen LogP contribution in [-0.2, 0) is 19.6 Å². The van der Waals surface area contributed by atoms with E-state index in [0.29, 0.717) is 31.0 Å². The molecule has 4 heterocycles. The van der Waals surface area contributed by atoms with Crippen LogP contribution in [0.3, 0.4) is 0 Å². The SMILES string of the molecule is O=C(c1ccc[nH]1)N1CCc2onc(COc3cccnc3)c2C1. The molecule has 0 aromatic carbocycles. The van der Waals surface area contributed by atoms with E-state index in [1.165, 1.54) is 0 Å². The van der Waals surface area contributed by atoms with Crippen LogP contribution in [0.1, 0.15) is 27.5 Å². The van der Waals surface area contributed by atoms with Gasteiger partial charge in [0.25, 0.3) is 5.91 Å². The highest BCUT2D eigenvalue weighted by atomic mass is 16.5. The Morgan fingerprint density at radius 3 is 3.12 bits per heavy atom. The fourth-order valence-corrected chi connectivity index (χ4v) is 2.77. The van der Waals surface area contributed by atoms with Crippen LogP contribution < -0.4 is 4.74 Å². The fraction of sp³-hybridized carbons (Fsp3) is 0.235. The predicted molar refractivity (Wildman–Crippen MR) is 84.3 cm³/mol. The van der Waals surface area contributed by atoms with Crippen molar-refractivity contribution >= 4 is 5.91 Å². The summed E-state index contributed by atoms with van der Waals surface area (Å²) in [6, 6.07) is 7.23. The molecule has 0 unspecified atom stereocenters. The zero-order chi connectivity index (χ0) is 16.4. The first-order chi connectivity index (χ1) is 11.8. The van der Waals surface area contributed by atoms with Gasteiger partial charge in [0.05, 0.1) is 12.7 Å². The lowest BCUT2D eigenvalue weighted by atomic mass is 10.1. The smallest absolute Gasteiger partial charge is 0.270 e. The second-order valence-corrected chi connectivity index (χ2v) is 5.57. The third kappa shape index (κ3) is 2.76. The number of nitrogens with zero attached hydrogens (tertiary/aromatic N) is 3. The molecule has 0 bridgehead atoms. The van der Waals surface area contributed by atoms with Gasteiger partial charge in [-0.2, -0.15) is 0 Å². The number of aromatic amines is 1. The van der Waals surface area contributed by atoms with Crippen molar-refractivity contribution in [2.24, 2.45) is 0 Å². The largest absolute Gasteiger partial charge is 0.486 e. The van der Waals surface area contributed by atoms with Gasteiger partial charge < -0.3 is 19.1 Å². The first-order valence-corrected chi connectivity index (χ1v) is 7.73. The van der Waals surface area contributed by atoms with Gasteiger partial charge in [0.2, 0.25) is 0 Å². The molecule has 0 saturated carbocycles. The number of rotatable bonds is 4. The maximum absolute atomic E-state index is 12.5. The molecule has 0 fully saturated rings. The number of hydrogen-bond acceptors (Lipinski definition) is 5. The van der Waals surface area contributed by atoms with Crippen molar-refractivity contribution in [1.82, 2.24) is 20.0 Å². The van der Waals surface area contributed by atoms with Gasteiger partial charge in [0.1, 0.15) is 29.5 Å². The van der Waals surface area contributed by atoms with E-state index in [0.717, 1.165) is 17.0 Å². The minimum atomic E-state index is -0.0222. The van der Waals surface area contributed by atoms with E-state index in [2.05, 4.69) is 15.1 Å². The quantitative estimate of drug-likeness (QED) is 0.795. The Balaban J connectivity index is 1.48. The molecular weight excluding hydrogens is 308 g/mol. The number of aromatic nitrogens is 3. The summed E-state index contributed by atoms with van der Waals surface area (Å²) in [5.74, 6) is 1.48. The number of carbonyl (C=O) groups excluding carboxylic acids is 1. The Hall–Kier alpha value is -3.09. The van der Waals surface area contributed by atoms with Crippen molar-refractivity contribution in [3.05, 3.63) is 65.6 Å². The molecule has 24 heavy (non-hydrogen) atoms. The summed E-state index contributed by atoms with van der Waals surface area (Å²) in [4.78, 5) is 21.2. The summed E-state index contributed by atoms with van der Waals surface area (Å²) in [6.45, 7) is 1.38. The lowest BCUT2D eigenvalue weighted by molar-refractivity contribution is 0.0723. The lowest BCUT2D eigenvalue weighted by Gasteiger charge is -2.25. The van der Waals surface area contributed by atoms with Gasteiger partial charge >= 0.3 is 0 Å². The van der Waals surface area contributed by atoms with Crippen LogP contribution >= 0.6 is 0 Å². The van der Waals surface area contributed by atoms with Gasteiger partial charge in [-0.3, -0.25) is 9.78 Å². The predicted octanol–water partition coefficient (Wildman–Crippen LogP) is 2.18. The van der Waals surface area contributed by atoms with Gasteiger partial charge in [0, 0.05) is 30.9 Å². The van der Waals surface area contributed by atoms with Crippen LogP contribution in [0.15, 0.2) is 47.4 Å². The Kier molecular flexibility index (Phi) is 3.74. The van der Waals surface area contributed by atoms with E-state index >= 15 is 0 Å². The highest BCUT2D eigenvalue weighted by molar-refractivity contribution is 5.92. The first kappa shape index (κ1) is 14.5. The van der Waals surface area contributed by atoms with Crippen molar-refractivity contribution < 1.29 is 14.1 Å². The molecule has 4 rings (SSSR count). The summed E-state index contributed by atoms with van der Waals surface area (Å²) in [5.41, 5.74) is 2.24. The van der Waals surface area contributed by atoms with Crippen molar-refractivity contribution in [3.63, 3.8) is 0 Å². The van der Waals surface area contributed by atoms with Crippen LogP contribution in [0, 0.1) is 0 Å². The molecule has 0 atom stereocenters. The van der Waals surface area contributed by atoms with Crippen LogP contribution in [0.5, 0.6) is 5.75 Å². The maximum atomic E-state index is 12.5. The molecule has 0 saturated heterocycles. The fourth-order valence-electron chi connectivity index (χ4n) is 2.77. The molecule has 1 aliphatic heterocycles. The molecule has 1 amide bonds. The average Bonchev–Trinajstić information content (AvgIpc) is 3.30. The standard InChI is InChI=1S/C17H16N4O3/c22-17(14-4-2-7-19-14)21-8-5-16-13(10-21)15(20-24-16)11-23-12-3-1-6-18-9-12/h1-4,6-7,9,19H,5,8,10-11H2. The van der Waals surface area contributed by atoms with Crippen molar-refractivity contribution in [3.8, 4) is 5.75 Å². The number of carbonyl (C=O) groups is 1. The molecule has 1 aliphatic rings. The molecule has 0 radical (unpaired) electrons. The zero-order valence-corrected chi connectivity index (χ0v) is 12.9. The summed E-state index contributed by atoms with van der Waals surface area (Å²) in [7, 11) is 0. The number of nitrogens with one attached hydrogen (secondary N) is 1. The molecule has 3 aromatic rings. The molecule has 3 aromatic heterocycles.